The Morgan fingerprint density at radius 3 is 2.46 bits per heavy atom. The molecule has 9 heteroatoms. The molecule has 1 atom stereocenters. The average Bonchev–Trinajstić information content (AvgIpc) is 3.68. The number of anilines is 1. The van der Waals surface area contributed by atoms with Crippen molar-refractivity contribution in [2.75, 3.05) is 38.7 Å². The third-order valence-corrected chi connectivity index (χ3v) is 8.42. The Morgan fingerprint density at radius 2 is 1.78 bits per heavy atom. The van der Waals surface area contributed by atoms with Crippen molar-refractivity contribution in [2.24, 2.45) is 5.92 Å². The Morgan fingerprint density at radius 1 is 1.02 bits per heavy atom. The fourth-order valence-electron chi connectivity index (χ4n) is 6.02. The molecule has 41 heavy (non-hydrogen) atoms. The average molecular weight is 570 g/mol. The Balaban J connectivity index is 1.20. The second kappa shape index (κ2) is 12.8. The summed E-state index contributed by atoms with van der Waals surface area (Å²) in [5.41, 5.74) is 2.79. The highest BCUT2D eigenvalue weighted by Gasteiger charge is 2.37. The number of benzene rings is 2. The summed E-state index contributed by atoms with van der Waals surface area (Å²) in [4.78, 5) is 29.2. The maximum atomic E-state index is 15.3. The number of carbonyl (C=O) groups excluding carboxylic acids is 2. The first-order valence-corrected chi connectivity index (χ1v) is 14.9. The molecule has 2 heterocycles. The van der Waals surface area contributed by atoms with E-state index in [0.29, 0.717) is 44.2 Å². The number of hydrogen-bond acceptors (Lipinski definition) is 6. The number of amides is 1. The van der Waals surface area contributed by atoms with E-state index in [1.54, 1.807) is 12.1 Å². The first-order valence-electron chi connectivity index (χ1n) is 14.9. The van der Waals surface area contributed by atoms with Gasteiger partial charge in [-0.25, -0.2) is 13.6 Å². The Kier molecular flexibility index (Phi) is 9.12. The minimum absolute atomic E-state index is 0.00737. The van der Waals surface area contributed by atoms with Crippen LogP contribution in [0.4, 0.5) is 14.5 Å². The fraction of sp³-hybridized carbons (Fsp3) is 0.562. The molecule has 7 nitrogen and oxygen atoms in total. The Labute approximate surface area is 241 Å². The molecule has 3 aliphatic rings. The molecule has 1 N–H and O–H groups in total. The summed E-state index contributed by atoms with van der Waals surface area (Å²) in [5, 5.41) is 3.41. The molecule has 2 aromatic carbocycles. The quantitative estimate of drug-likeness (QED) is 0.369. The minimum atomic E-state index is -0.669. The van der Waals surface area contributed by atoms with E-state index in [-0.39, 0.29) is 23.3 Å². The van der Waals surface area contributed by atoms with Gasteiger partial charge in [-0.2, -0.15) is 0 Å². The molecule has 0 unspecified atom stereocenters. The van der Waals surface area contributed by atoms with Crippen molar-refractivity contribution in [3.63, 3.8) is 0 Å². The van der Waals surface area contributed by atoms with E-state index in [2.05, 4.69) is 24.1 Å². The minimum Gasteiger partial charge on any atom is -0.493 e. The van der Waals surface area contributed by atoms with Gasteiger partial charge in [-0.3, -0.25) is 9.69 Å². The number of nitrogens with zero attached hydrogens (tertiary/aromatic N) is 2. The number of ether oxygens (including phenoxy) is 2. The van der Waals surface area contributed by atoms with Crippen LogP contribution < -0.4 is 10.1 Å². The molecule has 1 saturated carbocycles. The summed E-state index contributed by atoms with van der Waals surface area (Å²) in [5.74, 6) is -0.690. The third kappa shape index (κ3) is 7.00. The smallest absolute Gasteiger partial charge is 0.328 e. The topological polar surface area (TPSA) is 71.1 Å². The number of esters is 1. The summed E-state index contributed by atoms with van der Waals surface area (Å²) in [6, 6.07) is 7.50. The van der Waals surface area contributed by atoms with Gasteiger partial charge in [0.25, 0.3) is 5.91 Å². The van der Waals surface area contributed by atoms with E-state index in [4.69, 9.17) is 9.47 Å². The van der Waals surface area contributed by atoms with Gasteiger partial charge in [-0.15, -0.1) is 0 Å². The van der Waals surface area contributed by atoms with Crippen LogP contribution in [0.3, 0.4) is 0 Å². The molecule has 5 rings (SSSR count). The molecule has 2 aliphatic heterocycles. The van der Waals surface area contributed by atoms with Gasteiger partial charge in [-0.1, -0.05) is 0 Å². The molecule has 0 bridgehead atoms. The van der Waals surface area contributed by atoms with Crippen molar-refractivity contribution >= 4 is 17.6 Å². The number of carbonyl (C=O) groups is 2. The molecule has 2 aromatic rings. The molecule has 3 fully saturated rings. The van der Waals surface area contributed by atoms with Crippen LogP contribution in [0.15, 0.2) is 30.3 Å². The van der Waals surface area contributed by atoms with E-state index >= 15 is 4.39 Å². The summed E-state index contributed by atoms with van der Waals surface area (Å²) in [6.45, 7) is 7.46. The van der Waals surface area contributed by atoms with Crippen molar-refractivity contribution in [1.82, 2.24) is 9.80 Å². The fourth-order valence-corrected chi connectivity index (χ4v) is 6.02. The van der Waals surface area contributed by atoms with Gasteiger partial charge in [-0.05, 0) is 113 Å². The van der Waals surface area contributed by atoms with Crippen molar-refractivity contribution in [3.8, 4) is 5.75 Å². The highest BCUT2D eigenvalue weighted by Crippen LogP contribution is 2.45. The zero-order valence-corrected chi connectivity index (χ0v) is 24.3. The van der Waals surface area contributed by atoms with Crippen LogP contribution in [-0.2, 0) is 16.1 Å². The van der Waals surface area contributed by atoms with Gasteiger partial charge in [0, 0.05) is 30.9 Å². The largest absolute Gasteiger partial charge is 0.493 e. The predicted molar refractivity (Wildman–Crippen MR) is 153 cm³/mol. The van der Waals surface area contributed by atoms with Gasteiger partial charge in [0.1, 0.15) is 23.4 Å². The van der Waals surface area contributed by atoms with Crippen LogP contribution in [0.25, 0.3) is 0 Å². The zero-order chi connectivity index (χ0) is 29.1. The molecule has 222 valence electrons. The van der Waals surface area contributed by atoms with Gasteiger partial charge < -0.3 is 19.7 Å². The molecular weight excluding hydrogens is 528 g/mol. The van der Waals surface area contributed by atoms with Crippen LogP contribution in [0.2, 0.25) is 0 Å². The number of halogens is 2. The maximum absolute atomic E-state index is 15.3. The van der Waals surface area contributed by atoms with Crippen LogP contribution in [0.1, 0.15) is 79.8 Å². The van der Waals surface area contributed by atoms with E-state index in [9.17, 15) is 14.0 Å². The lowest BCUT2D eigenvalue weighted by Crippen LogP contribution is -2.41. The van der Waals surface area contributed by atoms with Crippen LogP contribution in [-0.4, -0.2) is 67.1 Å². The van der Waals surface area contributed by atoms with Crippen molar-refractivity contribution in [3.05, 3.63) is 58.7 Å². The van der Waals surface area contributed by atoms with Gasteiger partial charge in [0.15, 0.2) is 0 Å². The normalized spacial score (nSPS) is 20.0. The second-order valence-corrected chi connectivity index (χ2v) is 12.0. The first-order chi connectivity index (χ1) is 19.7. The number of methoxy groups -OCH3 is 1. The SMILES string of the molecule is COC(=O)[C@@H]1CCCN1C(=O)c1cc(C2CC2)c(OCC2CCN(Cc3cc(F)ccc3NC(C)C)CC2)cc1F. The lowest BCUT2D eigenvalue weighted by atomic mass is 9.97. The molecule has 1 amide bonds. The molecule has 1 aliphatic carbocycles. The first kappa shape index (κ1) is 29.3. The summed E-state index contributed by atoms with van der Waals surface area (Å²) in [7, 11) is 1.30. The highest BCUT2D eigenvalue weighted by molar-refractivity contribution is 5.97. The van der Waals surface area contributed by atoms with Crippen molar-refractivity contribution < 1.29 is 27.8 Å². The van der Waals surface area contributed by atoms with Gasteiger partial charge >= 0.3 is 5.97 Å². The maximum Gasteiger partial charge on any atom is 0.328 e. The molecule has 0 spiro atoms. The molecule has 2 saturated heterocycles. The lowest BCUT2D eigenvalue weighted by molar-refractivity contribution is -0.145. The van der Waals surface area contributed by atoms with E-state index in [0.717, 1.165) is 55.6 Å². The van der Waals surface area contributed by atoms with Crippen LogP contribution in [0, 0.1) is 17.6 Å². The number of rotatable bonds is 10. The van der Waals surface area contributed by atoms with E-state index in [1.807, 2.05) is 6.07 Å². The van der Waals surface area contributed by atoms with Gasteiger partial charge in [0.2, 0.25) is 0 Å². The molecule has 0 aromatic heterocycles. The number of nitrogens with one attached hydrogen (secondary N) is 1. The number of likely N-dealkylation sites (tertiary alicyclic amines) is 2. The molecule has 0 radical (unpaired) electrons. The zero-order valence-electron chi connectivity index (χ0n) is 24.3. The van der Waals surface area contributed by atoms with E-state index < -0.39 is 23.7 Å². The van der Waals surface area contributed by atoms with Crippen molar-refractivity contribution in [2.45, 2.75) is 76.9 Å². The number of hydrogen-bond donors (Lipinski definition) is 1. The molecular formula is C32H41F2N3O4. The number of piperidine rings is 1. The highest BCUT2D eigenvalue weighted by atomic mass is 19.1. The predicted octanol–water partition coefficient (Wildman–Crippen LogP) is 5.73. The van der Waals surface area contributed by atoms with Crippen LogP contribution >= 0.6 is 0 Å². The second-order valence-electron chi connectivity index (χ2n) is 12.0. The summed E-state index contributed by atoms with van der Waals surface area (Å²) in [6.07, 6.45) is 5.04. The van der Waals surface area contributed by atoms with E-state index in [1.165, 1.54) is 24.1 Å². The van der Waals surface area contributed by atoms with Gasteiger partial charge in [0.05, 0.1) is 19.3 Å². The lowest BCUT2D eigenvalue weighted by Gasteiger charge is -2.32. The standard InChI is InChI=1S/C32H41F2N3O4/c1-20(2)35-28-9-8-24(33)15-23(28)18-36-13-10-21(11-14-36)19-41-30-17-27(34)26(16-25(30)22-6-7-22)31(38)37-12-4-5-29(37)32(39)40-3/h8-9,15-17,20-22,29,35H,4-7,10-14,18-19H2,1-3H3/t29-/m0/s1. The third-order valence-electron chi connectivity index (χ3n) is 8.42. The Bertz CT molecular complexity index is 1260. The van der Waals surface area contributed by atoms with Crippen molar-refractivity contribution in [1.29, 1.82) is 0 Å². The monoisotopic (exact) mass is 569 g/mol. The summed E-state index contributed by atoms with van der Waals surface area (Å²) < 4.78 is 40.3. The summed E-state index contributed by atoms with van der Waals surface area (Å²) >= 11 is 0. The Hall–Kier alpha value is -3.20. The van der Waals surface area contributed by atoms with Crippen LogP contribution in [0.5, 0.6) is 5.75 Å².